The molecule has 3 N–H and O–H groups in total. The summed E-state index contributed by atoms with van der Waals surface area (Å²) in [4.78, 5) is 23.2. The number of carbonyl (C=O) groups is 2. The molecule has 0 aliphatic rings. The third kappa shape index (κ3) is 4.67. The van der Waals surface area contributed by atoms with Crippen molar-refractivity contribution in [2.45, 2.75) is 13.0 Å². The molecule has 3 aromatic rings. The highest BCUT2D eigenvalue weighted by Gasteiger charge is 2.18. The van der Waals surface area contributed by atoms with Gasteiger partial charge in [-0.1, -0.05) is 17.3 Å². The number of nitrogens with two attached hydrogens (primary N) is 1. The maximum atomic E-state index is 12.4. The minimum absolute atomic E-state index is 0.255. The predicted molar refractivity (Wildman–Crippen MR) is 106 cm³/mol. The van der Waals surface area contributed by atoms with Crippen LogP contribution in [0.2, 0.25) is 0 Å². The Kier molecular flexibility index (Phi) is 6.03. The average molecular weight is 396 g/mol. The Hall–Kier alpha value is -3.95. The first kappa shape index (κ1) is 19.8. The number of nitrogens with one attached hydrogen (secondary N) is 1. The zero-order valence-electron chi connectivity index (χ0n) is 15.9. The van der Waals surface area contributed by atoms with Gasteiger partial charge in [0, 0.05) is 0 Å². The molecule has 29 heavy (non-hydrogen) atoms. The van der Waals surface area contributed by atoms with E-state index < -0.39 is 11.9 Å². The van der Waals surface area contributed by atoms with Crippen molar-refractivity contribution in [1.82, 2.24) is 20.4 Å². The second-order valence-electron chi connectivity index (χ2n) is 6.10. The van der Waals surface area contributed by atoms with Crippen LogP contribution in [-0.2, 0) is 9.59 Å². The lowest BCUT2D eigenvalue weighted by Gasteiger charge is -2.11. The molecular formula is C19H20N6O4. The van der Waals surface area contributed by atoms with E-state index in [1.165, 1.54) is 18.0 Å². The van der Waals surface area contributed by atoms with E-state index in [0.717, 1.165) is 5.52 Å². The topological polar surface area (TPSA) is 134 Å². The van der Waals surface area contributed by atoms with Gasteiger partial charge in [0.05, 0.1) is 18.8 Å². The number of primary amides is 1. The van der Waals surface area contributed by atoms with Gasteiger partial charge in [-0.3, -0.25) is 9.59 Å². The van der Waals surface area contributed by atoms with Crippen molar-refractivity contribution in [3.63, 3.8) is 0 Å². The van der Waals surface area contributed by atoms with Gasteiger partial charge in [-0.25, -0.2) is 10.1 Å². The molecule has 0 fully saturated rings. The number of benzene rings is 2. The van der Waals surface area contributed by atoms with Gasteiger partial charge in [-0.2, -0.15) is 5.10 Å². The van der Waals surface area contributed by atoms with Crippen LogP contribution in [0.4, 0.5) is 0 Å². The normalized spacial score (nSPS) is 12.1. The Balaban J connectivity index is 1.65. The number of amides is 2. The number of hydrogen-bond acceptors (Lipinski definition) is 7. The van der Waals surface area contributed by atoms with E-state index in [0.29, 0.717) is 22.6 Å². The van der Waals surface area contributed by atoms with Crippen molar-refractivity contribution < 1.29 is 19.1 Å². The predicted octanol–water partition coefficient (Wildman–Crippen LogP) is 1.02. The van der Waals surface area contributed by atoms with E-state index in [-0.39, 0.29) is 12.5 Å². The quantitative estimate of drug-likeness (QED) is 0.431. The molecule has 1 aromatic heterocycles. The van der Waals surface area contributed by atoms with E-state index in [9.17, 15) is 9.59 Å². The molecule has 0 unspecified atom stereocenters. The molecule has 0 radical (unpaired) electrons. The van der Waals surface area contributed by atoms with Crippen LogP contribution in [0.25, 0.3) is 11.0 Å². The lowest BCUT2D eigenvalue weighted by Crippen LogP contribution is -2.28. The fraction of sp³-hybridized carbons (Fsp3) is 0.211. The van der Waals surface area contributed by atoms with Gasteiger partial charge in [0.15, 0.2) is 18.1 Å². The van der Waals surface area contributed by atoms with Crippen molar-refractivity contribution in [2.24, 2.45) is 10.8 Å². The summed E-state index contributed by atoms with van der Waals surface area (Å²) in [5.41, 5.74) is 9.68. The fourth-order valence-electron chi connectivity index (χ4n) is 2.58. The summed E-state index contributed by atoms with van der Waals surface area (Å²) in [5.74, 6) is -0.150. The molecule has 10 heteroatoms. The average Bonchev–Trinajstić information content (AvgIpc) is 3.16. The first-order valence-electron chi connectivity index (χ1n) is 8.71. The molecule has 2 aromatic carbocycles. The van der Waals surface area contributed by atoms with Crippen LogP contribution in [0.15, 0.2) is 47.6 Å². The van der Waals surface area contributed by atoms with E-state index in [4.69, 9.17) is 15.2 Å². The SMILES string of the molecule is COc1cc(/C=N\NC(=O)[C@H](C)n2nnc3ccccc32)ccc1OCC(N)=O. The second kappa shape index (κ2) is 8.83. The largest absolute Gasteiger partial charge is 0.493 e. The van der Waals surface area contributed by atoms with Crippen molar-refractivity contribution in [2.75, 3.05) is 13.7 Å². The zero-order chi connectivity index (χ0) is 20.8. The molecule has 2 amide bonds. The summed E-state index contributed by atoms with van der Waals surface area (Å²) in [6.07, 6.45) is 1.46. The zero-order valence-corrected chi connectivity index (χ0v) is 15.9. The van der Waals surface area contributed by atoms with Gasteiger partial charge in [0.2, 0.25) is 0 Å². The van der Waals surface area contributed by atoms with Crippen LogP contribution >= 0.6 is 0 Å². The molecule has 0 bridgehead atoms. The van der Waals surface area contributed by atoms with Gasteiger partial charge >= 0.3 is 0 Å². The number of hydrogen-bond donors (Lipinski definition) is 2. The molecule has 1 atom stereocenters. The Bertz CT molecular complexity index is 1060. The van der Waals surface area contributed by atoms with E-state index in [2.05, 4.69) is 20.8 Å². The van der Waals surface area contributed by atoms with Crippen LogP contribution in [0, 0.1) is 0 Å². The van der Waals surface area contributed by atoms with E-state index in [1.807, 2.05) is 24.3 Å². The molecular weight excluding hydrogens is 376 g/mol. The molecule has 0 aliphatic carbocycles. The summed E-state index contributed by atoms with van der Waals surface area (Å²) < 4.78 is 12.0. The van der Waals surface area contributed by atoms with Crippen molar-refractivity contribution in [1.29, 1.82) is 0 Å². The first-order chi connectivity index (χ1) is 14.0. The number of rotatable bonds is 8. The number of ether oxygens (including phenoxy) is 2. The molecule has 0 aliphatic heterocycles. The summed E-state index contributed by atoms with van der Waals surface area (Å²) >= 11 is 0. The third-order valence-electron chi connectivity index (χ3n) is 4.07. The van der Waals surface area contributed by atoms with Crippen LogP contribution in [-0.4, -0.2) is 46.7 Å². The van der Waals surface area contributed by atoms with Gasteiger partial charge in [0.1, 0.15) is 11.6 Å². The lowest BCUT2D eigenvalue weighted by atomic mass is 10.2. The van der Waals surface area contributed by atoms with E-state index >= 15 is 0 Å². The van der Waals surface area contributed by atoms with Crippen molar-refractivity contribution in [3.8, 4) is 11.5 Å². The molecule has 0 saturated carbocycles. The lowest BCUT2D eigenvalue weighted by molar-refractivity contribution is -0.124. The number of carbonyl (C=O) groups excluding carboxylic acids is 2. The van der Waals surface area contributed by atoms with Crippen LogP contribution in [0.3, 0.4) is 0 Å². The maximum Gasteiger partial charge on any atom is 0.264 e. The highest BCUT2D eigenvalue weighted by Crippen LogP contribution is 2.27. The Morgan fingerprint density at radius 3 is 2.83 bits per heavy atom. The summed E-state index contributed by atoms with van der Waals surface area (Å²) in [7, 11) is 1.47. The van der Waals surface area contributed by atoms with Gasteiger partial charge in [-0.15, -0.1) is 5.10 Å². The molecule has 150 valence electrons. The van der Waals surface area contributed by atoms with Crippen molar-refractivity contribution in [3.05, 3.63) is 48.0 Å². The van der Waals surface area contributed by atoms with Crippen LogP contribution in [0.5, 0.6) is 11.5 Å². The number of para-hydroxylation sites is 1. The van der Waals surface area contributed by atoms with Crippen LogP contribution in [0.1, 0.15) is 18.5 Å². The Labute approximate surface area is 166 Å². The molecule has 0 saturated heterocycles. The van der Waals surface area contributed by atoms with E-state index in [1.54, 1.807) is 25.1 Å². The second-order valence-corrected chi connectivity index (χ2v) is 6.10. The monoisotopic (exact) mass is 396 g/mol. The van der Waals surface area contributed by atoms with Crippen molar-refractivity contribution >= 4 is 29.1 Å². The summed E-state index contributed by atoms with van der Waals surface area (Å²) in [6, 6.07) is 11.8. The van der Waals surface area contributed by atoms with Crippen LogP contribution < -0.4 is 20.6 Å². The molecule has 3 rings (SSSR count). The minimum Gasteiger partial charge on any atom is -0.493 e. The first-order valence-corrected chi connectivity index (χ1v) is 8.71. The smallest absolute Gasteiger partial charge is 0.264 e. The molecule has 1 heterocycles. The number of hydrazone groups is 1. The summed E-state index contributed by atoms with van der Waals surface area (Å²) in [6.45, 7) is 1.45. The Morgan fingerprint density at radius 2 is 2.07 bits per heavy atom. The number of methoxy groups -OCH3 is 1. The number of aromatic nitrogens is 3. The molecule has 0 spiro atoms. The fourth-order valence-corrected chi connectivity index (χ4v) is 2.58. The van der Waals surface area contributed by atoms with Gasteiger partial charge < -0.3 is 15.2 Å². The number of fused-ring (bicyclic) bond motifs is 1. The third-order valence-corrected chi connectivity index (χ3v) is 4.07. The number of nitrogens with zero attached hydrogens (tertiary/aromatic N) is 4. The maximum absolute atomic E-state index is 12.4. The van der Waals surface area contributed by atoms with Gasteiger partial charge in [0.25, 0.3) is 11.8 Å². The minimum atomic E-state index is -0.598. The summed E-state index contributed by atoms with van der Waals surface area (Å²) in [5, 5.41) is 12.1. The highest BCUT2D eigenvalue weighted by atomic mass is 16.5. The highest BCUT2D eigenvalue weighted by molar-refractivity contribution is 5.85. The standard InChI is InChI=1S/C19H20N6O4/c1-12(25-15-6-4-3-5-14(15)22-24-25)19(27)23-21-10-13-7-8-16(17(9-13)28-2)29-11-18(20)26/h3-10,12H,11H2,1-2H3,(H2,20,26)(H,23,27)/b21-10-/t12-/m0/s1. The van der Waals surface area contributed by atoms with Gasteiger partial charge in [-0.05, 0) is 42.8 Å². The Morgan fingerprint density at radius 1 is 1.28 bits per heavy atom. The molecule has 10 nitrogen and oxygen atoms in total.